The first kappa shape index (κ1) is 12.2. The predicted molar refractivity (Wildman–Crippen MR) is 77.2 cm³/mol. The van der Waals surface area contributed by atoms with E-state index in [0.717, 1.165) is 12.8 Å². The van der Waals surface area contributed by atoms with Gasteiger partial charge in [0.2, 0.25) is 0 Å². The Balaban J connectivity index is 1.95. The van der Waals surface area contributed by atoms with Gasteiger partial charge in [0, 0.05) is 12.8 Å². The van der Waals surface area contributed by atoms with Gasteiger partial charge in [-0.2, -0.15) is 0 Å². The molecule has 0 radical (unpaired) electrons. The van der Waals surface area contributed by atoms with Crippen LogP contribution >= 0.6 is 0 Å². The number of rotatable bonds is 2. The van der Waals surface area contributed by atoms with Gasteiger partial charge in [-0.15, -0.1) is 0 Å². The minimum Gasteiger partial charge on any atom is -0.300 e. The summed E-state index contributed by atoms with van der Waals surface area (Å²) in [4.78, 5) is 11.8. The topological polar surface area (TPSA) is 17.1 Å². The maximum absolute atomic E-state index is 11.8. The van der Waals surface area contributed by atoms with Crippen molar-refractivity contribution in [3.63, 3.8) is 0 Å². The molecule has 1 heteroatoms. The molecule has 3 rings (SSSR count). The quantitative estimate of drug-likeness (QED) is 0.776. The summed E-state index contributed by atoms with van der Waals surface area (Å²) in [6.07, 6.45) is 2.38. The Kier molecular flexibility index (Phi) is 3.45. The molecule has 1 nitrogen and oxygen atoms in total. The molecule has 0 bridgehead atoms. The number of hydrogen-bond donors (Lipinski definition) is 0. The van der Waals surface area contributed by atoms with E-state index in [1.165, 1.54) is 11.1 Å². The van der Waals surface area contributed by atoms with Gasteiger partial charge >= 0.3 is 0 Å². The molecule has 1 aliphatic carbocycles. The van der Waals surface area contributed by atoms with E-state index < -0.39 is 0 Å². The molecule has 1 fully saturated rings. The highest BCUT2D eigenvalue weighted by molar-refractivity contribution is 5.80. The maximum atomic E-state index is 11.8. The molecular weight excluding hydrogens is 232 g/mol. The summed E-state index contributed by atoms with van der Waals surface area (Å²) in [5.74, 6) is 1.21. The molecule has 19 heavy (non-hydrogen) atoms. The smallest absolute Gasteiger partial charge is 0.133 e. The first-order chi connectivity index (χ1) is 9.34. The Morgan fingerprint density at radius 1 is 0.737 bits per heavy atom. The number of carbonyl (C=O) groups is 1. The van der Waals surface area contributed by atoms with E-state index >= 15 is 0 Å². The fourth-order valence-corrected chi connectivity index (χ4v) is 3.16. The summed E-state index contributed by atoms with van der Waals surface area (Å²) in [6, 6.07) is 21.1. The number of ketones is 1. The van der Waals surface area contributed by atoms with Crippen LogP contribution in [-0.2, 0) is 4.79 Å². The van der Waals surface area contributed by atoms with Crippen LogP contribution in [0.25, 0.3) is 0 Å². The van der Waals surface area contributed by atoms with Crippen LogP contribution in [0.3, 0.4) is 0 Å². The molecule has 2 atom stereocenters. The van der Waals surface area contributed by atoms with E-state index in [1.807, 2.05) is 6.07 Å². The van der Waals surface area contributed by atoms with E-state index in [2.05, 4.69) is 54.6 Å². The molecule has 0 heterocycles. The van der Waals surface area contributed by atoms with Gasteiger partial charge in [0.25, 0.3) is 0 Å². The average Bonchev–Trinajstić information content (AvgIpc) is 2.49. The fourth-order valence-electron chi connectivity index (χ4n) is 3.16. The predicted octanol–water partition coefficient (Wildman–Crippen LogP) is 4.31. The summed E-state index contributed by atoms with van der Waals surface area (Å²) in [7, 11) is 0. The molecule has 0 aliphatic heterocycles. The third-order valence-corrected chi connectivity index (χ3v) is 4.12. The lowest BCUT2D eigenvalue weighted by atomic mass is 9.72. The van der Waals surface area contributed by atoms with Gasteiger partial charge in [0.15, 0.2) is 0 Å². The Morgan fingerprint density at radius 3 is 1.84 bits per heavy atom. The Morgan fingerprint density at radius 2 is 1.26 bits per heavy atom. The number of Topliss-reactive ketones (excluding diaryl/α,β-unsaturated/α-hetero) is 1. The van der Waals surface area contributed by atoms with Crippen LogP contribution in [0.4, 0.5) is 0 Å². The lowest BCUT2D eigenvalue weighted by Gasteiger charge is -2.31. The lowest BCUT2D eigenvalue weighted by molar-refractivity contribution is -0.121. The van der Waals surface area contributed by atoms with Gasteiger partial charge in [0.1, 0.15) is 5.78 Å². The van der Waals surface area contributed by atoms with Crippen LogP contribution in [0, 0.1) is 0 Å². The summed E-state index contributed by atoms with van der Waals surface area (Å²) in [6.45, 7) is 0. The van der Waals surface area contributed by atoms with E-state index in [0.29, 0.717) is 24.0 Å². The van der Waals surface area contributed by atoms with Gasteiger partial charge in [0.05, 0.1) is 0 Å². The zero-order chi connectivity index (χ0) is 13.1. The Hall–Kier alpha value is -1.89. The van der Waals surface area contributed by atoms with E-state index in [9.17, 15) is 4.79 Å². The van der Waals surface area contributed by atoms with E-state index in [1.54, 1.807) is 0 Å². The zero-order valence-electron chi connectivity index (χ0n) is 11.0. The molecule has 0 amide bonds. The molecule has 0 N–H and O–H groups in total. The molecule has 1 aliphatic rings. The van der Waals surface area contributed by atoms with Crippen LogP contribution in [0.5, 0.6) is 0 Å². The molecule has 0 spiro atoms. The van der Waals surface area contributed by atoms with Crippen molar-refractivity contribution in [1.82, 2.24) is 0 Å². The third kappa shape index (κ3) is 2.60. The van der Waals surface area contributed by atoms with Gasteiger partial charge in [-0.3, -0.25) is 4.79 Å². The second-order valence-corrected chi connectivity index (χ2v) is 5.32. The van der Waals surface area contributed by atoms with Crippen molar-refractivity contribution in [2.75, 3.05) is 0 Å². The number of benzene rings is 2. The fraction of sp³-hybridized carbons (Fsp3) is 0.278. The van der Waals surface area contributed by atoms with Crippen LogP contribution < -0.4 is 0 Å². The second kappa shape index (κ2) is 5.40. The standard InChI is InChI=1S/C18H18O/c19-16-11-12-17(14-7-3-1-4-8-14)18(13-16)15-9-5-2-6-10-15/h1-10,17-18H,11-13H2. The van der Waals surface area contributed by atoms with Crippen molar-refractivity contribution >= 4 is 5.78 Å². The summed E-state index contributed by atoms with van der Waals surface area (Å²) >= 11 is 0. The molecule has 2 aromatic rings. The summed E-state index contributed by atoms with van der Waals surface area (Å²) < 4.78 is 0. The summed E-state index contributed by atoms with van der Waals surface area (Å²) in [5, 5.41) is 0. The second-order valence-electron chi connectivity index (χ2n) is 5.32. The molecule has 1 saturated carbocycles. The van der Waals surface area contributed by atoms with E-state index in [4.69, 9.17) is 0 Å². The zero-order valence-corrected chi connectivity index (χ0v) is 11.0. The van der Waals surface area contributed by atoms with Gasteiger partial charge in [-0.05, 0) is 29.4 Å². The molecule has 2 aromatic carbocycles. The van der Waals surface area contributed by atoms with Crippen LogP contribution in [0.1, 0.15) is 42.2 Å². The highest BCUT2D eigenvalue weighted by atomic mass is 16.1. The van der Waals surface area contributed by atoms with Crippen molar-refractivity contribution in [3.05, 3.63) is 71.8 Å². The molecular formula is C18H18O. The minimum atomic E-state index is 0.338. The van der Waals surface area contributed by atoms with Crippen LogP contribution in [-0.4, -0.2) is 5.78 Å². The van der Waals surface area contributed by atoms with Gasteiger partial charge in [-0.1, -0.05) is 60.7 Å². The van der Waals surface area contributed by atoms with Crippen molar-refractivity contribution in [3.8, 4) is 0 Å². The van der Waals surface area contributed by atoms with Crippen molar-refractivity contribution in [2.45, 2.75) is 31.1 Å². The number of carbonyl (C=O) groups excluding carboxylic acids is 1. The summed E-state index contributed by atoms with van der Waals surface area (Å²) in [5.41, 5.74) is 2.66. The SMILES string of the molecule is O=C1CCC(c2ccccc2)C(c2ccccc2)C1. The van der Waals surface area contributed by atoms with Crippen LogP contribution in [0.2, 0.25) is 0 Å². The number of hydrogen-bond acceptors (Lipinski definition) is 1. The first-order valence-electron chi connectivity index (χ1n) is 6.96. The average molecular weight is 250 g/mol. The lowest BCUT2D eigenvalue weighted by Crippen LogP contribution is -2.22. The normalized spacial score (nSPS) is 23.3. The van der Waals surface area contributed by atoms with Crippen LogP contribution in [0.15, 0.2) is 60.7 Å². The Labute approximate surface area is 114 Å². The molecule has 0 aromatic heterocycles. The van der Waals surface area contributed by atoms with Crippen molar-refractivity contribution in [2.24, 2.45) is 0 Å². The highest BCUT2D eigenvalue weighted by Crippen LogP contribution is 2.42. The first-order valence-corrected chi connectivity index (χ1v) is 6.96. The molecule has 96 valence electrons. The van der Waals surface area contributed by atoms with Gasteiger partial charge in [-0.25, -0.2) is 0 Å². The monoisotopic (exact) mass is 250 g/mol. The maximum Gasteiger partial charge on any atom is 0.133 e. The Bertz CT molecular complexity index is 544. The molecule has 2 unspecified atom stereocenters. The largest absolute Gasteiger partial charge is 0.300 e. The third-order valence-electron chi connectivity index (χ3n) is 4.12. The highest BCUT2D eigenvalue weighted by Gasteiger charge is 2.31. The van der Waals surface area contributed by atoms with Crippen molar-refractivity contribution in [1.29, 1.82) is 0 Å². The minimum absolute atomic E-state index is 0.338. The van der Waals surface area contributed by atoms with Crippen molar-refractivity contribution < 1.29 is 4.79 Å². The molecule has 0 saturated heterocycles. The van der Waals surface area contributed by atoms with E-state index in [-0.39, 0.29) is 0 Å². The van der Waals surface area contributed by atoms with Gasteiger partial charge < -0.3 is 0 Å².